The molecule has 3 nitrogen and oxygen atoms in total. The van der Waals surface area contributed by atoms with Gasteiger partial charge >= 0.3 is 0 Å². The second-order valence-corrected chi connectivity index (χ2v) is 2.94. The second kappa shape index (κ2) is 3.87. The van der Waals surface area contributed by atoms with Gasteiger partial charge in [-0.15, -0.1) is 0 Å². The Kier molecular flexibility index (Phi) is 2.40. The third-order valence-corrected chi connectivity index (χ3v) is 1.99. The van der Waals surface area contributed by atoms with Crippen LogP contribution in [0.25, 0.3) is 0 Å². The summed E-state index contributed by atoms with van der Waals surface area (Å²) < 4.78 is 5.12. The molecule has 14 heavy (non-hydrogen) atoms. The smallest absolute Gasteiger partial charge is 0.181 e. The molecule has 0 atom stereocenters. The summed E-state index contributed by atoms with van der Waals surface area (Å²) in [6.45, 7) is 0. The number of aromatic nitrogens is 1. The Morgan fingerprint density at radius 1 is 1.29 bits per heavy atom. The van der Waals surface area contributed by atoms with E-state index in [2.05, 4.69) is 4.98 Å². The van der Waals surface area contributed by atoms with Gasteiger partial charge in [0.1, 0.15) is 11.5 Å². The number of rotatable bonds is 3. The monoisotopic (exact) mass is 187 g/mol. The second-order valence-electron chi connectivity index (χ2n) is 2.94. The molecule has 0 saturated heterocycles. The third kappa shape index (κ3) is 1.71. The van der Waals surface area contributed by atoms with E-state index in [1.54, 1.807) is 0 Å². The molecule has 0 fully saturated rings. The third-order valence-electron chi connectivity index (χ3n) is 1.99. The molecule has 0 radical (unpaired) electrons. The van der Waals surface area contributed by atoms with Crippen molar-refractivity contribution in [3.63, 3.8) is 0 Å². The molecule has 0 amide bonds. The Bertz CT molecular complexity index is 420. The highest BCUT2D eigenvalue weighted by atomic mass is 16.3. The zero-order valence-electron chi connectivity index (χ0n) is 7.51. The zero-order chi connectivity index (χ0) is 9.80. The van der Waals surface area contributed by atoms with E-state index in [0.29, 0.717) is 24.2 Å². The van der Waals surface area contributed by atoms with E-state index in [4.69, 9.17) is 4.42 Å². The summed E-state index contributed by atoms with van der Waals surface area (Å²) in [6, 6.07) is 9.82. The van der Waals surface area contributed by atoms with Gasteiger partial charge < -0.3 is 4.42 Å². The Morgan fingerprint density at radius 3 is 2.79 bits per heavy atom. The summed E-state index contributed by atoms with van der Waals surface area (Å²) >= 11 is 0. The highest BCUT2D eigenvalue weighted by Crippen LogP contribution is 2.11. The summed E-state index contributed by atoms with van der Waals surface area (Å²) in [5.74, 6) is 0.617. The molecule has 3 heteroatoms. The van der Waals surface area contributed by atoms with E-state index in [1.807, 2.05) is 30.3 Å². The number of aldehydes is 1. The van der Waals surface area contributed by atoms with E-state index >= 15 is 0 Å². The zero-order valence-corrected chi connectivity index (χ0v) is 7.51. The largest absolute Gasteiger partial charge is 0.447 e. The lowest BCUT2D eigenvalue weighted by Gasteiger charge is -1.96. The van der Waals surface area contributed by atoms with Crippen LogP contribution >= 0.6 is 0 Å². The fourth-order valence-electron chi connectivity index (χ4n) is 1.29. The van der Waals surface area contributed by atoms with Gasteiger partial charge in [0.2, 0.25) is 0 Å². The van der Waals surface area contributed by atoms with Crippen LogP contribution in [0.3, 0.4) is 0 Å². The van der Waals surface area contributed by atoms with Crippen LogP contribution in [0.1, 0.15) is 21.8 Å². The predicted molar refractivity (Wildman–Crippen MR) is 51.1 cm³/mol. The molecule has 0 N–H and O–H groups in total. The van der Waals surface area contributed by atoms with Crippen molar-refractivity contribution in [2.75, 3.05) is 0 Å². The van der Waals surface area contributed by atoms with Crippen molar-refractivity contribution >= 4 is 6.29 Å². The molecule has 0 spiro atoms. The Hall–Kier alpha value is -1.90. The molecular formula is C11H9NO2. The average Bonchev–Trinajstić information content (AvgIpc) is 2.67. The lowest BCUT2D eigenvalue weighted by molar-refractivity contribution is 0.111. The van der Waals surface area contributed by atoms with Gasteiger partial charge in [0.25, 0.3) is 0 Å². The molecule has 70 valence electrons. The van der Waals surface area contributed by atoms with Gasteiger partial charge in [-0.05, 0) is 5.56 Å². The summed E-state index contributed by atoms with van der Waals surface area (Å²) in [7, 11) is 0. The standard InChI is InChI=1S/C11H9NO2/c13-7-10-11(14-8-12-10)6-9-4-2-1-3-5-9/h1-5,7-8H,6H2. The van der Waals surface area contributed by atoms with Crippen LogP contribution in [0.4, 0.5) is 0 Å². The van der Waals surface area contributed by atoms with Gasteiger partial charge in [-0.2, -0.15) is 0 Å². The molecule has 2 aromatic rings. The topological polar surface area (TPSA) is 43.1 Å². The molecule has 0 unspecified atom stereocenters. The summed E-state index contributed by atoms with van der Waals surface area (Å²) in [6.07, 6.45) is 2.61. The van der Waals surface area contributed by atoms with Crippen molar-refractivity contribution in [1.82, 2.24) is 4.98 Å². The summed E-state index contributed by atoms with van der Waals surface area (Å²) in [5, 5.41) is 0. The fraction of sp³-hybridized carbons (Fsp3) is 0.0909. The lowest BCUT2D eigenvalue weighted by Crippen LogP contribution is -1.91. The van der Waals surface area contributed by atoms with Crippen molar-refractivity contribution in [3.05, 3.63) is 53.7 Å². The minimum absolute atomic E-state index is 0.383. The first-order chi connectivity index (χ1) is 6.90. The number of hydrogen-bond acceptors (Lipinski definition) is 3. The van der Waals surface area contributed by atoms with Gasteiger partial charge in [-0.1, -0.05) is 30.3 Å². The number of oxazole rings is 1. The van der Waals surface area contributed by atoms with Crippen LogP contribution in [0.5, 0.6) is 0 Å². The van der Waals surface area contributed by atoms with Crippen LogP contribution in [-0.2, 0) is 6.42 Å². The van der Waals surface area contributed by atoms with Crippen LogP contribution in [0.15, 0.2) is 41.1 Å². The van der Waals surface area contributed by atoms with Crippen LogP contribution in [0.2, 0.25) is 0 Å². The molecule has 1 heterocycles. The maximum Gasteiger partial charge on any atom is 0.181 e. The molecule has 1 aromatic carbocycles. The summed E-state index contributed by atoms with van der Waals surface area (Å²) in [5.41, 5.74) is 1.49. The molecular weight excluding hydrogens is 178 g/mol. The molecule has 0 aliphatic carbocycles. The first kappa shape index (κ1) is 8.69. The highest BCUT2D eigenvalue weighted by Gasteiger charge is 2.06. The fourth-order valence-corrected chi connectivity index (χ4v) is 1.29. The van der Waals surface area contributed by atoms with Crippen molar-refractivity contribution in [2.24, 2.45) is 0 Å². The highest BCUT2D eigenvalue weighted by molar-refractivity contribution is 5.73. The van der Waals surface area contributed by atoms with Gasteiger partial charge in [-0.25, -0.2) is 4.98 Å². The number of nitrogens with zero attached hydrogens (tertiary/aromatic N) is 1. The van der Waals surface area contributed by atoms with Crippen LogP contribution in [0, 0.1) is 0 Å². The first-order valence-corrected chi connectivity index (χ1v) is 4.31. The molecule has 1 aromatic heterocycles. The minimum Gasteiger partial charge on any atom is -0.447 e. The van der Waals surface area contributed by atoms with Crippen LogP contribution in [-0.4, -0.2) is 11.3 Å². The van der Waals surface area contributed by atoms with Crippen LogP contribution < -0.4 is 0 Å². The lowest BCUT2D eigenvalue weighted by atomic mass is 10.1. The van der Waals surface area contributed by atoms with Crippen molar-refractivity contribution in [3.8, 4) is 0 Å². The number of hydrogen-bond donors (Lipinski definition) is 0. The maximum atomic E-state index is 10.6. The average molecular weight is 187 g/mol. The molecule has 0 aliphatic rings. The van der Waals surface area contributed by atoms with Crippen molar-refractivity contribution in [1.29, 1.82) is 0 Å². The number of carbonyl (C=O) groups is 1. The minimum atomic E-state index is 0.383. The van der Waals surface area contributed by atoms with Gasteiger partial charge in [0.05, 0.1) is 0 Å². The van der Waals surface area contributed by atoms with Crippen molar-refractivity contribution in [2.45, 2.75) is 6.42 Å². The quantitative estimate of drug-likeness (QED) is 0.691. The SMILES string of the molecule is O=Cc1ncoc1Cc1ccccc1. The molecule has 0 aliphatic heterocycles. The van der Waals surface area contributed by atoms with Gasteiger partial charge in [0, 0.05) is 6.42 Å². The van der Waals surface area contributed by atoms with E-state index in [1.165, 1.54) is 6.39 Å². The normalized spacial score (nSPS) is 10.0. The predicted octanol–water partition coefficient (Wildman–Crippen LogP) is 2.08. The molecule has 0 bridgehead atoms. The molecule has 2 rings (SSSR count). The Morgan fingerprint density at radius 2 is 2.07 bits per heavy atom. The first-order valence-electron chi connectivity index (χ1n) is 4.31. The van der Waals surface area contributed by atoms with Crippen molar-refractivity contribution < 1.29 is 9.21 Å². The van der Waals surface area contributed by atoms with E-state index in [-0.39, 0.29) is 0 Å². The number of carbonyl (C=O) groups excluding carboxylic acids is 1. The Labute approximate surface area is 81.4 Å². The number of benzene rings is 1. The summed E-state index contributed by atoms with van der Waals surface area (Å²) in [4.78, 5) is 14.4. The Balaban J connectivity index is 2.23. The van der Waals surface area contributed by atoms with E-state index in [0.717, 1.165) is 5.56 Å². The van der Waals surface area contributed by atoms with E-state index < -0.39 is 0 Å². The molecule has 0 saturated carbocycles. The van der Waals surface area contributed by atoms with Gasteiger partial charge in [-0.3, -0.25) is 4.79 Å². The van der Waals surface area contributed by atoms with Gasteiger partial charge in [0.15, 0.2) is 12.7 Å². The van der Waals surface area contributed by atoms with E-state index in [9.17, 15) is 4.79 Å². The maximum absolute atomic E-state index is 10.6.